The molecule has 1 amide bonds. The molecular weight excluding hydrogens is 194 g/mol. The van der Waals surface area contributed by atoms with Crippen molar-refractivity contribution in [1.82, 2.24) is 9.97 Å². The van der Waals surface area contributed by atoms with E-state index in [1.165, 1.54) is 11.2 Å². The van der Waals surface area contributed by atoms with Crippen molar-refractivity contribution < 1.29 is 9.53 Å². The molecule has 5 nitrogen and oxygen atoms in total. The fourth-order valence-corrected chi connectivity index (χ4v) is 1.18. The quantitative estimate of drug-likeness (QED) is 0.684. The highest BCUT2D eigenvalue weighted by Crippen LogP contribution is 2.12. The molecule has 1 unspecified atom stereocenters. The highest BCUT2D eigenvalue weighted by Gasteiger charge is 2.19. The fraction of sp³-hybridized carbons (Fsp3) is 0.100. The molecule has 0 saturated heterocycles. The Morgan fingerprint density at radius 1 is 1.33 bits per heavy atom. The van der Waals surface area contributed by atoms with Crippen LogP contribution in [0.2, 0.25) is 0 Å². The average Bonchev–Trinajstić information content (AvgIpc) is 2.33. The summed E-state index contributed by atoms with van der Waals surface area (Å²) in [5, 5.41) is 0. The third-order valence-corrected chi connectivity index (χ3v) is 1.85. The van der Waals surface area contributed by atoms with Gasteiger partial charge in [0.05, 0.1) is 6.26 Å². The molecule has 1 aliphatic rings. The van der Waals surface area contributed by atoms with Crippen molar-refractivity contribution in [2.24, 2.45) is 0 Å². The maximum atomic E-state index is 10.9. The first-order chi connectivity index (χ1) is 7.42. The summed E-state index contributed by atoms with van der Waals surface area (Å²) in [7, 11) is 0. The van der Waals surface area contributed by atoms with Crippen LogP contribution in [0, 0.1) is 0 Å². The molecule has 15 heavy (non-hydrogen) atoms. The largest absolute Gasteiger partial charge is 0.474 e. The zero-order valence-electron chi connectivity index (χ0n) is 7.85. The lowest BCUT2D eigenvalue weighted by molar-refractivity contribution is -0.108. The number of hydrogen-bond acceptors (Lipinski definition) is 4. The molecule has 0 bridgehead atoms. The molecule has 1 aromatic rings. The van der Waals surface area contributed by atoms with Gasteiger partial charge in [-0.15, -0.1) is 0 Å². The van der Waals surface area contributed by atoms with E-state index < -0.39 is 6.23 Å². The maximum absolute atomic E-state index is 10.9. The van der Waals surface area contributed by atoms with Crippen molar-refractivity contribution in [3.05, 3.63) is 43.0 Å². The number of amides is 1. The van der Waals surface area contributed by atoms with Gasteiger partial charge in [0.25, 0.3) is 0 Å². The summed E-state index contributed by atoms with van der Waals surface area (Å²) in [6.07, 6.45) is 10.1. The lowest BCUT2D eigenvalue weighted by Gasteiger charge is -2.24. The predicted molar refractivity (Wildman–Crippen MR) is 53.7 cm³/mol. The summed E-state index contributed by atoms with van der Waals surface area (Å²) >= 11 is 0. The van der Waals surface area contributed by atoms with Gasteiger partial charge in [-0.05, 0) is 18.2 Å². The van der Waals surface area contributed by atoms with Crippen LogP contribution in [0.25, 0.3) is 0 Å². The number of rotatable bonds is 3. The van der Waals surface area contributed by atoms with Gasteiger partial charge in [-0.3, -0.25) is 4.79 Å². The van der Waals surface area contributed by atoms with Crippen LogP contribution in [0.5, 0.6) is 0 Å². The first kappa shape index (κ1) is 9.39. The summed E-state index contributed by atoms with van der Waals surface area (Å²) in [6, 6.07) is 1.68. The van der Waals surface area contributed by atoms with Crippen LogP contribution in [-0.4, -0.2) is 22.6 Å². The molecular formula is C10H9N3O2. The Hall–Kier alpha value is -2.17. The Balaban J connectivity index is 2.21. The van der Waals surface area contributed by atoms with Crippen molar-refractivity contribution >= 4 is 12.4 Å². The van der Waals surface area contributed by atoms with Gasteiger partial charge in [0.2, 0.25) is 12.4 Å². The van der Waals surface area contributed by atoms with E-state index in [-0.39, 0.29) is 0 Å². The molecule has 1 aliphatic heterocycles. The Bertz CT molecular complexity index is 389. The molecule has 0 radical (unpaired) electrons. The maximum Gasteiger partial charge on any atom is 0.235 e. The van der Waals surface area contributed by atoms with Crippen LogP contribution in [0.3, 0.4) is 0 Å². The van der Waals surface area contributed by atoms with E-state index in [9.17, 15) is 4.79 Å². The lowest BCUT2D eigenvalue weighted by atomic mass is 10.4. The van der Waals surface area contributed by atoms with Crippen molar-refractivity contribution in [1.29, 1.82) is 0 Å². The van der Waals surface area contributed by atoms with E-state index in [0.717, 1.165) is 0 Å². The minimum Gasteiger partial charge on any atom is -0.474 e. The van der Waals surface area contributed by atoms with Gasteiger partial charge in [0.15, 0.2) is 6.23 Å². The van der Waals surface area contributed by atoms with Crippen LogP contribution in [0.15, 0.2) is 43.0 Å². The Morgan fingerprint density at radius 3 is 2.73 bits per heavy atom. The zero-order valence-corrected chi connectivity index (χ0v) is 7.85. The molecule has 1 atom stereocenters. The second-order valence-corrected chi connectivity index (χ2v) is 2.80. The summed E-state index contributed by atoms with van der Waals surface area (Å²) in [5.74, 6) is 0.317. The van der Waals surface area contributed by atoms with E-state index in [1.807, 2.05) is 0 Å². The van der Waals surface area contributed by atoms with Gasteiger partial charge in [0.1, 0.15) is 0 Å². The van der Waals surface area contributed by atoms with E-state index in [2.05, 4.69) is 9.97 Å². The molecule has 0 fully saturated rings. The van der Waals surface area contributed by atoms with Crippen LogP contribution in [0.4, 0.5) is 5.95 Å². The first-order valence-corrected chi connectivity index (χ1v) is 4.41. The summed E-state index contributed by atoms with van der Waals surface area (Å²) in [5.41, 5.74) is 0. The standard InChI is InChI=1S/C10H9N3O2/c14-8-13(9-4-1-2-7-15-9)10-11-5-3-6-12-10/h1-9H. The van der Waals surface area contributed by atoms with E-state index in [0.29, 0.717) is 12.4 Å². The number of carbonyl (C=O) groups excluding carboxylic acids is 1. The molecule has 0 aromatic carbocycles. The smallest absolute Gasteiger partial charge is 0.235 e. The Kier molecular flexibility index (Phi) is 2.73. The Morgan fingerprint density at radius 2 is 2.13 bits per heavy atom. The first-order valence-electron chi connectivity index (χ1n) is 4.41. The van der Waals surface area contributed by atoms with E-state index >= 15 is 0 Å². The van der Waals surface area contributed by atoms with Gasteiger partial charge in [-0.25, -0.2) is 14.9 Å². The molecule has 0 N–H and O–H groups in total. The van der Waals surface area contributed by atoms with Crippen molar-refractivity contribution in [2.45, 2.75) is 6.23 Å². The molecule has 0 spiro atoms. The molecule has 2 heterocycles. The fourth-order valence-electron chi connectivity index (χ4n) is 1.18. The van der Waals surface area contributed by atoms with Crippen LogP contribution >= 0.6 is 0 Å². The molecule has 0 saturated carbocycles. The van der Waals surface area contributed by atoms with Gasteiger partial charge < -0.3 is 4.74 Å². The minimum atomic E-state index is -0.477. The SMILES string of the molecule is O=CN(c1ncccn1)C1C=CC=CO1. The summed E-state index contributed by atoms with van der Waals surface area (Å²) in [6.45, 7) is 0. The predicted octanol–water partition coefficient (Wildman–Crippen LogP) is 0.866. The average molecular weight is 203 g/mol. The monoisotopic (exact) mass is 203 g/mol. The molecule has 2 rings (SSSR count). The van der Waals surface area contributed by atoms with Gasteiger partial charge in [-0.2, -0.15) is 0 Å². The highest BCUT2D eigenvalue weighted by molar-refractivity contribution is 5.72. The van der Waals surface area contributed by atoms with Gasteiger partial charge >= 0.3 is 0 Å². The van der Waals surface area contributed by atoms with E-state index in [4.69, 9.17) is 4.74 Å². The number of allylic oxidation sites excluding steroid dienone is 2. The topological polar surface area (TPSA) is 55.3 Å². The second-order valence-electron chi connectivity index (χ2n) is 2.80. The molecule has 76 valence electrons. The minimum absolute atomic E-state index is 0.317. The molecule has 1 aromatic heterocycles. The van der Waals surface area contributed by atoms with Crippen molar-refractivity contribution in [3.63, 3.8) is 0 Å². The van der Waals surface area contributed by atoms with Gasteiger partial charge in [0, 0.05) is 12.4 Å². The summed E-state index contributed by atoms with van der Waals surface area (Å²) in [4.78, 5) is 20.2. The molecule has 0 aliphatic carbocycles. The number of carbonyl (C=O) groups is 1. The lowest BCUT2D eigenvalue weighted by Crippen LogP contribution is -2.35. The number of anilines is 1. The number of ether oxygens (including phenoxy) is 1. The number of nitrogens with zero attached hydrogens (tertiary/aromatic N) is 3. The normalized spacial score (nSPS) is 18.3. The third kappa shape index (κ3) is 2.01. The van der Waals surface area contributed by atoms with Crippen LogP contribution in [0.1, 0.15) is 0 Å². The van der Waals surface area contributed by atoms with E-state index in [1.54, 1.807) is 36.7 Å². The van der Waals surface area contributed by atoms with Crippen molar-refractivity contribution in [2.75, 3.05) is 4.90 Å². The number of hydrogen-bond donors (Lipinski definition) is 0. The van der Waals surface area contributed by atoms with Crippen LogP contribution < -0.4 is 4.90 Å². The summed E-state index contributed by atoms with van der Waals surface area (Å²) < 4.78 is 5.23. The van der Waals surface area contributed by atoms with Gasteiger partial charge in [-0.1, -0.05) is 6.08 Å². The van der Waals surface area contributed by atoms with Crippen molar-refractivity contribution in [3.8, 4) is 0 Å². The number of aromatic nitrogens is 2. The molecule has 5 heteroatoms. The Labute approximate surface area is 86.7 Å². The highest BCUT2D eigenvalue weighted by atomic mass is 16.5. The third-order valence-electron chi connectivity index (χ3n) is 1.85. The second kappa shape index (κ2) is 4.36. The van der Waals surface area contributed by atoms with Crippen LogP contribution in [-0.2, 0) is 9.53 Å². The zero-order chi connectivity index (χ0) is 10.5.